The van der Waals surface area contributed by atoms with Crippen molar-refractivity contribution in [3.63, 3.8) is 0 Å². The molecule has 1 atom stereocenters. The van der Waals surface area contributed by atoms with Crippen molar-refractivity contribution in [3.8, 4) is 0 Å². The van der Waals surface area contributed by atoms with Gasteiger partial charge in [0.15, 0.2) is 5.65 Å². The Labute approximate surface area is 187 Å². The molecule has 31 heavy (non-hydrogen) atoms. The molecule has 0 unspecified atom stereocenters. The van der Waals surface area contributed by atoms with Gasteiger partial charge in [-0.05, 0) is 57.6 Å². The number of rotatable bonds is 3. The molecule has 0 spiro atoms. The highest BCUT2D eigenvalue weighted by molar-refractivity contribution is 6.34. The van der Waals surface area contributed by atoms with E-state index in [-0.39, 0.29) is 11.9 Å². The third-order valence-corrected chi connectivity index (χ3v) is 7.06. The lowest BCUT2D eigenvalue weighted by Crippen LogP contribution is -2.38. The van der Waals surface area contributed by atoms with E-state index < -0.39 is 0 Å². The highest BCUT2D eigenvalue weighted by Crippen LogP contribution is 2.34. The van der Waals surface area contributed by atoms with E-state index in [9.17, 15) is 4.79 Å². The number of amides is 1. The van der Waals surface area contributed by atoms with Crippen LogP contribution in [-0.4, -0.2) is 45.0 Å². The van der Waals surface area contributed by atoms with Gasteiger partial charge in [-0.25, -0.2) is 9.50 Å². The molecule has 1 amide bonds. The standard InChI is InChI=1S/C24H28ClN5O/c1-16-8-7-9-18(22(16)25)24(31)29-13-4-3-10-20(29)19-14-21-26-23(28-11-5-6-12-28)17(2)15-30(21)27-19/h7-9,14-15,20H,3-6,10-13H2,1-2H3/t20-/m0/s1. The Bertz CT molecular complexity index is 1130. The van der Waals surface area contributed by atoms with Crippen LogP contribution in [0.5, 0.6) is 0 Å². The summed E-state index contributed by atoms with van der Waals surface area (Å²) in [5, 5.41) is 5.38. The van der Waals surface area contributed by atoms with E-state index in [0.717, 1.165) is 60.6 Å². The van der Waals surface area contributed by atoms with Crippen LogP contribution in [0.15, 0.2) is 30.5 Å². The molecule has 2 saturated heterocycles. The zero-order valence-corrected chi connectivity index (χ0v) is 18.9. The number of hydrogen-bond donors (Lipinski definition) is 0. The summed E-state index contributed by atoms with van der Waals surface area (Å²) < 4.78 is 1.86. The van der Waals surface area contributed by atoms with Gasteiger partial charge in [0, 0.05) is 37.5 Å². The maximum atomic E-state index is 13.4. The van der Waals surface area contributed by atoms with Gasteiger partial charge in [0.25, 0.3) is 5.91 Å². The third-order valence-electron chi connectivity index (χ3n) is 6.56. The van der Waals surface area contributed by atoms with Gasteiger partial charge in [0.1, 0.15) is 5.82 Å². The van der Waals surface area contributed by atoms with Gasteiger partial charge in [-0.3, -0.25) is 4.79 Å². The van der Waals surface area contributed by atoms with Crippen molar-refractivity contribution in [2.24, 2.45) is 0 Å². The predicted octanol–water partition coefficient (Wildman–Crippen LogP) is 4.97. The minimum Gasteiger partial charge on any atom is -0.356 e. The number of nitrogens with zero attached hydrogens (tertiary/aromatic N) is 5. The summed E-state index contributed by atoms with van der Waals surface area (Å²) in [5.41, 5.74) is 4.37. The van der Waals surface area contributed by atoms with Crippen LogP contribution in [0, 0.1) is 13.8 Å². The second-order valence-electron chi connectivity index (χ2n) is 8.76. The van der Waals surface area contributed by atoms with Crippen molar-refractivity contribution >= 4 is 29.0 Å². The van der Waals surface area contributed by atoms with Crippen LogP contribution in [0.3, 0.4) is 0 Å². The van der Waals surface area contributed by atoms with Crippen LogP contribution in [0.4, 0.5) is 5.82 Å². The van der Waals surface area contributed by atoms with Crippen molar-refractivity contribution in [3.05, 3.63) is 57.9 Å². The molecule has 0 bridgehead atoms. The molecule has 7 heteroatoms. The van der Waals surface area contributed by atoms with Gasteiger partial charge in [0.2, 0.25) is 0 Å². The Kier molecular flexibility index (Phi) is 5.34. The fraction of sp³-hybridized carbons (Fsp3) is 0.458. The van der Waals surface area contributed by atoms with Crippen LogP contribution in [0.1, 0.15) is 65.3 Å². The van der Waals surface area contributed by atoms with Gasteiger partial charge >= 0.3 is 0 Å². The number of likely N-dealkylation sites (tertiary alicyclic amines) is 1. The lowest BCUT2D eigenvalue weighted by Gasteiger charge is -2.35. The van der Waals surface area contributed by atoms with Crippen LogP contribution < -0.4 is 4.90 Å². The Hall–Kier alpha value is -2.60. The summed E-state index contributed by atoms with van der Waals surface area (Å²) in [6.45, 7) is 6.87. The number of hydrogen-bond acceptors (Lipinski definition) is 4. The average Bonchev–Trinajstić information content (AvgIpc) is 3.44. The number of fused-ring (bicyclic) bond motifs is 1. The molecule has 0 aliphatic carbocycles. The van der Waals surface area contributed by atoms with E-state index in [1.54, 1.807) is 0 Å². The molecule has 3 aromatic rings. The number of carbonyl (C=O) groups is 1. The topological polar surface area (TPSA) is 53.7 Å². The minimum absolute atomic E-state index is 0.0163. The summed E-state index contributed by atoms with van der Waals surface area (Å²) in [7, 11) is 0. The number of carbonyl (C=O) groups excluding carboxylic acids is 1. The monoisotopic (exact) mass is 437 g/mol. The Balaban J connectivity index is 1.49. The van der Waals surface area contributed by atoms with Crippen molar-refractivity contribution in [2.75, 3.05) is 24.5 Å². The smallest absolute Gasteiger partial charge is 0.255 e. The van der Waals surface area contributed by atoms with Gasteiger partial charge in [-0.2, -0.15) is 5.10 Å². The van der Waals surface area contributed by atoms with E-state index in [0.29, 0.717) is 17.1 Å². The van der Waals surface area contributed by atoms with E-state index in [1.807, 2.05) is 40.6 Å². The molecule has 0 radical (unpaired) electrons. The number of piperidine rings is 1. The van der Waals surface area contributed by atoms with Gasteiger partial charge in [0.05, 0.1) is 22.3 Å². The molecular weight excluding hydrogens is 410 g/mol. The lowest BCUT2D eigenvalue weighted by atomic mass is 9.98. The van der Waals surface area contributed by atoms with E-state index in [1.165, 1.54) is 12.8 Å². The Morgan fingerprint density at radius 3 is 2.65 bits per heavy atom. The molecule has 2 aliphatic rings. The van der Waals surface area contributed by atoms with Gasteiger partial charge in [-0.1, -0.05) is 23.7 Å². The zero-order valence-electron chi connectivity index (χ0n) is 18.1. The van der Waals surface area contributed by atoms with Crippen LogP contribution in [0.2, 0.25) is 5.02 Å². The van der Waals surface area contributed by atoms with Crippen molar-refractivity contribution in [2.45, 2.75) is 52.0 Å². The van der Waals surface area contributed by atoms with Crippen LogP contribution in [-0.2, 0) is 0 Å². The second-order valence-corrected chi connectivity index (χ2v) is 9.14. The first-order chi connectivity index (χ1) is 15.0. The van der Waals surface area contributed by atoms with E-state index in [4.69, 9.17) is 21.7 Å². The number of aryl methyl sites for hydroxylation is 2. The molecule has 2 aromatic heterocycles. The summed E-state index contributed by atoms with van der Waals surface area (Å²) in [6, 6.07) is 7.63. The number of aromatic nitrogens is 3. The molecule has 5 rings (SSSR count). The number of benzene rings is 1. The maximum absolute atomic E-state index is 13.4. The largest absolute Gasteiger partial charge is 0.356 e. The zero-order chi connectivity index (χ0) is 21.5. The normalized spacial score (nSPS) is 19.4. The maximum Gasteiger partial charge on any atom is 0.255 e. The molecule has 2 aliphatic heterocycles. The van der Waals surface area contributed by atoms with Crippen molar-refractivity contribution in [1.29, 1.82) is 0 Å². The molecule has 0 N–H and O–H groups in total. The number of anilines is 1. The molecule has 0 saturated carbocycles. The summed E-state index contributed by atoms with van der Waals surface area (Å²) in [5.74, 6) is 1.04. The highest BCUT2D eigenvalue weighted by atomic mass is 35.5. The van der Waals surface area contributed by atoms with E-state index in [2.05, 4.69) is 18.0 Å². The fourth-order valence-corrected chi connectivity index (χ4v) is 5.09. The summed E-state index contributed by atoms with van der Waals surface area (Å²) in [6.07, 6.45) is 7.47. The molecular formula is C24H28ClN5O. The van der Waals surface area contributed by atoms with Gasteiger partial charge < -0.3 is 9.80 Å². The van der Waals surface area contributed by atoms with Crippen LogP contribution in [0.25, 0.3) is 5.65 Å². The van der Waals surface area contributed by atoms with Crippen LogP contribution >= 0.6 is 11.6 Å². The second kappa shape index (κ2) is 8.15. The average molecular weight is 438 g/mol. The predicted molar refractivity (Wildman–Crippen MR) is 123 cm³/mol. The highest BCUT2D eigenvalue weighted by Gasteiger charge is 2.32. The van der Waals surface area contributed by atoms with E-state index >= 15 is 0 Å². The quantitative estimate of drug-likeness (QED) is 0.580. The Morgan fingerprint density at radius 2 is 1.84 bits per heavy atom. The fourth-order valence-electron chi connectivity index (χ4n) is 4.88. The minimum atomic E-state index is -0.0601. The molecule has 6 nitrogen and oxygen atoms in total. The summed E-state index contributed by atoms with van der Waals surface area (Å²) in [4.78, 5) is 22.7. The number of halogens is 1. The van der Waals surface area contributed by atoms with Gasteiger partial charge in [-0.15, -0.1) is 0 Å². The third kappa shape index (κ3) is 3.67. The Morgan fingerprint density at radius 1 is 1.06 bits per heavy atom. The lowest BCUT2D eigenvalue weighted by molar-refractivity contribution is 0.0606. The first kappa shape index (κ1) is 20.3. The molecule has 162 valence electrons. The van der Waals surface area contributed by atoms with Crippen molar-refractivity contribution < 1.29 is 4.79 Å². The van der Waals surface area contributed by atoms with Crippen molar-refractivity contribution in [1.82, 2.24) is 19.5 Å². The summed E-state index contributed by atoms with van der Waals surface area (Å²) >= 11 is 6.48. The molecule has 1 aromatic carbocycles. The first-order valence-electron chi connectivity index (χ1n) is 11.2. The first-order valence-corrected chi connectivity index (χ1v) is 11.6. The molecule has 2 fully saturated rings. The molecule has 4 heterocycles. The SMILES string of the molecule is Cc1cn2nc([C@@H]3CCCCN3C(=O)c3cccc(C)c3Cl)cc2nc1N1CCCC1.